The number of halogens is 1. The van der Waals surface area contributed by atoms with Crippen molar-refractivity contribution in [1.82, 2.24) is 0 Å². The molecule has 0 aliphatic rings. The minimum absolute atomic E-state index is 0.0474. The highest BCUT2D eigenvalue weighted by atomic mass is 35.5. The van der Waals surface area contributed by atoms with Crippen molar-refractivity contribution in [3.8, 4) is 5.75 Å². The number of hydrogen-bond donors (Lipinski definition) is 1. The molecule has 0 saturated carbocycles. The van der Waals surface area contributed by atoms with E-state index in [0.29, 0.717) is 32.7 Å². The second-order valence-electron chi connectivity index (χ2n) is 7.02. The highest BCUT2D eigenvalue weighted by Crippen LogP contribution is 2.26. The van der Waals surface area contributed by atoms with Gasteiger partial charge >= 0.3 is 5.63 Å². The van der Waals surface area contributed by atoms with Gasteiger partial charge in [-0.15, -0.1) is 0 Å². The van der Waals surface area contributed by atoms with E-state index in [1.54, 1.807) is 60.7 Å². The highest BCUT2D eigenvalue weighted by molar-refractivity contribution is 6.30. The molecule has 0 atom stereocenters. The average Bonchev–Trinajstić information content (AvgIpc) is 2.80. The molecule has 8 heteroatoms. The Morgan fingerprint density at radius 1 is 0.938 bits per heavy atom. The molecule has 0 aliphatic heterocycles. The summed E-state index contributed by atoms with van der Waals surface area (Å²) in [5.74, 6) is 0.361. The normalized spacial score (nSPS) is 12.0. The monoisotopic (exact) mass is 447 g/mol. The van der Waals surface area contributed by atoms with Crippen molar-refractivity contribution >= 4 is 50.2 Å². The molecule has 0 fully saturated rings. The number of ether oxygens (including phenoxy) is 1. The van der Waals surface area contributed by atoms with Crippen LogP contribution in [0.15, 0.2) is 90.3 Å². The maximum atomic E-state index is 13.1. The van der Waals surface area contributed by atoms with Crippen molar-refractivity contribution < 1.29 is 18.8 Å². The molecule has 5 aromatic rings. The summed E-state index contributed by atoms with van der Waals surface area (Å²) < 4.78 is 16.8. The van der Waals surface area contributed by atoms with Crippen molar-refractivity contribution in [3.05, 3.63) is 98.0 Å². The lowest BCUT2D eigenvalue weighted by molar-refractivity contribution is 0.308. The third kappa shape index (κ3) is 3.38. The van der Waals surface area contributed by atoms with E-state index >= 15 is 0 Å². The predicted octanol–water partition coefficient (Wildman–Crippen LogP) is 4.96. The van der Waals surface area contributed by atoms with Gasteiger partial charge in [0.2, 0.25) is 11.0 Å². The van der Waals surface area contributed by atoms with Gasteiger partial charge in [-0.1, -0.05) is 47.1 Å². The summed E-state index contributed by atoms with van der Waals surface area (Å²) in [6.07, 6.45) is 0. The van der Waals surface area contributed by atoms with Crippen LogP contribution in [0, 0.1) is 0 Å². The fourth-order valence-corrected chi connectivity index (χ4v) is 3.65. The summed E-state index contributed by atoms with van der Waals surface area (Å²) in [5, 5.41) is 14.2. The fraction of sp³-hybridized carbons (Fsp3) is 0.0417. The van der Waals surface area contributed by atoms with E-state index in [-0.39, 0.29) is 34.3 Å². The van der Waals surface area contributed by atoms with E-state index in [1.807, 2.05) is 0 Å². The first-order chi connectivity index (χ1) is 15.5. The van der Waals surface area contributed by atoms with E-state index in [0.717, 1.165) is 0 Å². The standard InChI is InChI=1S/C24H14ClNO6/c25-14-7-5-13(6-8-14)18(26-29)12-30-15-9-10-17-20(11-15)31-23-21(22(17)27)16-3-1-2-4-19(16)32-24(23)28/h1-11,29H,12H2/b26-18-. The fourth-order valence-electron chi connectivity index (χ4n) is 3.52. The number of para-hydroxylation sites is 1. The van der Waals surface area contributed by atoms with Crippen LogP contribution in [0.5, 0.6) is 5.75 Å². The summed E-state index contributed by atoms with van der Waals surface area (Å²) in [6, 6.07) is 18.2. The minimum Gasteiger partial charge on any atom is -0.487 e. The van der Waals surface area contributed by atoms with Crippen LogP contribution in [0.4, 0.5) is 0 Å². The minimum atomic E-state index is -0.735. The molecule has 2 heterocycles. The summed E-state index contributed by atoms with van der Waals surface area (Å²) in [6.45, 7) is -0.0474. The van der Waals surface area contributed by atoms with Gasteiger partial charge in [0.05, 0.1) is 10.8 Å². The largest absolute Gasteiger partial charge is 0.487 e. The van der Waals surface area contributed by atoms with Gasteiger partial charge in [-0.3, -0.25) is 4.79 Å². The number of fused-ring (bicyclic) bond motifs is 4. The Bertz CT molecular complexity index is 1630. The van der Waals surface area contributed by atoms with E-state index in [1.165, 1.54) is 6.07 Å². The average molecular weight is 448 g/mol. The molecule has 7 nitrogen and oxygen atoms in total. The summed E-state index contributed by atoms with van der Waals surface area (Å²) >= 11 is 5.89. The molecule has 0 aliphatic carbocycles. The van der Waals surface area contributed by atoms with Crippen LogP contribution in [-0.2, 0) is 0 Å². The smallest absolute Gasteiger partial charge is 0.380 e. The van der Waals surface area contributed by atoms with Gasteiger partial charge in [-0.05, 0) is 30.3 Å². The number of nitrogens with zero attached hydrogens (tertiary/aromatic N) is 1. The number of hydrogen-bond acceptors (Lipinski definition) is 7. The molecule has 0 unspecified atom stereocenters. The van der Waals surface area contributed by atoms with Crippen molar-refractivity contribution in [2.45, 2.75) is 0 Å². The molecule has 3 aromatic carbocycles. The molecule has 0 radical (unpaired) electrons. The maximum Gasteiger partial charge on any atom is 0.380 e. The van der Waals surface area contributed by atoms with Gasteiger partial charge in [0.15, 0.2) is 0 Å². The maximum absolute atomic E-state index is 13.1. The van der Waals surface area contributed by atoms with Crippen LogP contribution < -0.4 is 15.8 Å². The van der Waals surface area contributed by atoms with E-state index in [9.17, 15) is 14.8 Å². The van der Waals surface area contributed by atoms with Gasteiger partial charge in [-0.2, -0.15) is 0 Å². The highest BCUT2D eigenvalue weighted by Gasteiger charge is 2.16. The van der Waals surface area contributed by atoms with Gasteiger partial charge < -0.3 is 18.8 Å². The third-order valence-electron chi connectivity index (χ3n) is 5.08. The Balaban J connectivity index is 1.55. The second-order valence-corrected chi connectivity index (χ2v) is 7.46. The molecular weight excluding hydrogens is 434 g/mol. The molecule has 0 bridgehead atoms. The summed E-state index contributed by atoms with van der Waals surface area (Å²) in [7, 11) is 0. The second kappa shape index (κ2) is 7.86. The molecule has 158 valence electrons. The zero-order valence-electron chi connectivity index (χ0n) is 16.4. The van der Waals surface area contributed by atoms with E-state index in [4.69, 9.17) is 25.2 Å². The molecular formula is C24H14ClNO6. The number of oxime groups is 1. The van der Waals surface area contributed by atoms with Crippen molar-refractivity contribution in [2.75, 3.05) is 6.61 Å². The molecule has 2 aromatic heterocycles. The van der Waals surface area contributed by atoms with Gasteiger partial charge in [0.1, 0.15) is 29.2 Å². The molecule has 5 rings (SSSR count). The number of benzene rings is 3. The molecule has 0 saturated heterocycles. The van der Waals surface area contributed by atoms with Crippen LogP contribution in [0.25, 0.3) is 32.9 Å². The topological polar surface area (TPSA) is 102 Å². The first-order valence-corrected chi connectivity index (χ1v) is 9.95. The first-order valence-electron chi connectivity index (χ1n) is 9.57. The molecule has 0 spiro atoms. The Morgan fingerprint density at radius 3 is 2.50 bits per heavy atom. The van der Waals surface area contributed by atoms with Crippen LogP contribution in [0.2, 0.25) is 5.02 Å². The molecule has 32 heavy (non-hydrogen) atoms. The summed E-state index contributed by atoms with van der Waals surface area (Å²) in [5.41, 5.74) is 0.189. The van der Waals surface area contributed by atoms with Crippen LogP contribution >= 0.6 is 11.6 Å². The van der Waals surface area contributed by atoms with Crippen molar-refractivity contribution in [2.24, 2.45) is 5.16 Å². The van der Waals surface area contributed by atoms with E-state index in [2.05, 4.69) is 5.16 Å². The van der Waals surface area contributed by atoms with Crippen LogP contribution in [0.1, 0.15) is 5.56 Å². The molecule has 0 amide bonds. The Labute approximate surface area is 184 Å². The lowest BCUT2D eigenvalue weighted by Crippen LogP contribution is -2.13. The SMILES string of the molecule is O=c1oc2ccccc2c2c(=O)c3ccc(OC/C(=N/O)c4ccc(Cl)cc4)cc3oc12. The van der Waals surface area contributed by atoms with E-state index < -0.39 is 5.63 Å². The number of rotatable bonds is 4. The lowest BCUT2D eigenvalue weighted by Gasteiger charge is -2.09. The van der Waals surface area contributed by atoms with Crippen LogP contribution in [-0.4, -0.2) is 17.5 Å². The van der Waals surface area contributed by atoms with Gasteiger partial charge in [0, 0.05) is 22.0 Å². The zero-order chi connectivity index (χ0) is 22.2. The Kier molecular flexibility index (Phi) is 4.88. The predicted molar refractivity (Wildman–Crippen MR) is 121 cm³/mol. The van der Waals surface area contributed by atoms with Crippen LogP contribution in [0.3, 0.4) is 0 Å². The van der Waals surface area contributed by atoms with Gasteiger partial charge in [-0.25, -0.2) is 4.79 Å². The quantitative estimate of drug-likeness (QED) is 0.104. The van der Waals surface area contributed by atoms with Crippen molar-refractivity contribution in [3.63, 3.8) is 0 Å². The first kappa shape index (κ1) is 19.8. The lowest BCUT2D eigenvalue weighted by atomic mass is 10.1. The Morgan fingerprint density at radius 2 is 1.72 bits per heavy atom. The van der Waals surface area contributed by atoms with Crippen molar-refractivity contribution in [1.29, 1.82) is 0 Å². The Hall–Kier alpha value is -4.10. The third-order valence-corrected chi connectivity index (χ3v) is 5.33. The zero-order valence-corrected chi connectivity index (χ0v) is 17.1. The summed E-state index contributed by atoms with van der Waals surface area (Å²) in [4.78, 5) is 25.6. The van der Waals surface area contributed by atoms with Gasteiger partial charge in [0.25, 0.3) is 0 Å². The molecule has 1 N–H and O–H groups in total.